The molecule has 222 valence electrons. The Bertz CT molecular complexity index is 1290. The average molecular weight is 621 g/mol. The van der Waals surface area contributed by atoms with Gasteiger partial charge in [0, 0.05) is 35.4 Å². The van der Waals surface area contributed by atoms with Crippen molar-refractivity contribution in [2.75, 3.05) is 26.2 Å². The molecule has 6 nitrogen and oxygen atoms in total. The Morgan fingerprint density at radius 1 is 0.854 bits per heavy atom. The van der Waals surface area contributed by atoms with Gasteiger partial charge in [-0.15, -0.1) is 24.8 Å². The maximum absolute atomic E-state index is 10.3. The molecular formula is C32H40Cl3N3O3. The van der Waals surface area contributed by atoms with Crippen LogP contribution in [0.25, 0.3) is 16.9 Å². The molecule has 4 rings (SSSR count). The third kappa shape index (κ3) is 9.94. The molecule has 1 N–H and O–H groups in total. The molecule has 0 aliphatic rings. The second-order valence-electron chi connectivity index (χ2n) is 9.54. The Balaban J connectivity index is 0.00000294. The quantitative estimate of drug-likeness (QED) is 0.154. The van der Waals surface area contributed by atoms with Crippen molar-refractivity contribution in [3.8, 4) is 34.2 Å². The number of rotatable bonds is 14. The van der Waals surface area contributed by atoms with E-state index in [1.807, 2.05) is 72.8 Å². The van der Waals surface area contributed by atoms with E-state index in [-0.39, 0.29) is 31.4 Å². The van der Waals surface area contributed by atoms with Crippen LogP contribution in [0.1, 0.15) is 39.4 Å². The molecule has 4 aromatic rings. The minimum atomic E-state index is -0.524. The molecule has 3 aromatic carbocycles. The summed E-state index contributed by atoms with van der Waals surface area (Å²) >= 11 is 5.98. The van der Waals surface area contributed by atoms with Crippen LogP contribution in [0.3, 0.4) is 0 Å². The number of aliphatic hydroxyl groups is 1. The molecule has 1 heterocycles. The first-order chi connectivity index (χ1) is 19.0. The van der Waals surface area contributed by atoms with E-state index in [2.05, 4.69) is 36.4 Å². The number of unbranched alkanes of at least 4 members (excludes halogenated alkanes) is 1. The normalized spacial score (nSPS) is 11.5. The van der Waals surface area contributed by atoms with Crippen LogP contribution in [0.2, 0.25) is 5.02 Å². The van der Waals surface area contributed by atoms with Crippen LogP contribution >= 0.6 is 36.4 Å². The highest BCUT2D eigenvalue weighted by Gasteiger charge is 2.13. The molecule has 1 atom stereocenters. The number of hydrogen-bond donors (Lipinski definition) is 1. The Morgan fingerprint density at radius 3 is 2.02 bits per heavy atom. The lowest BCUT2D eigenvalue weighted by Gasteiger charge is -2.21. The molecule has 0 aliphatic heterocycles. The summed E-state index contributed by atoms with van der Waals surface area (Å²) in [5.74, 6) is 3.26. The molecule has 0 saturated heterocycles. The van der Waals surface area contributed by atoms with E-state index in [1.165, 1.54) is 0 Å². The monoisotopic (exact) mass is 619 g/mol. The zero-order valence-corrected chi connectivity index (χ0v) is 26.2. The predicted octanol–water partition coefficient (Wildman–Crippen LogP) is 8.25. The second-order valence-corrected chi connectivity index (χ2v) is 9.98. The number of nitrogens with zero attached hydrogens (tertiary/aromatic N) is 3. The molecule has 0 unspecified atom stereocenters. The fourth-order valence-corrected chi connectivity index (χ4v) is 4.48. The van der Waals surface area contributed by atoms with Crippen molar-refractivity contribution >= 4 is 36.4 Å². The van der Waals surface area contributed by atoms with Gasteiger partial charge in [0.2, 0.25) is 0 Å². The summed E-state index contributed by atoms with van der Waals surface area (Å²) in [5.41, 5.74) is 2.96. The molecule has 0 bridgehead atoms. The van der Waals surface area contributed by atoms with E-state index in [1.54, 1.807) is 0 Å². The first-order valence-electron chi connectivity index (χ1n) is 13.7. The Labute approximate surface area is 261 Å². The number of aliphatic hydroxyl groups excluding tert-OH is 1. The fraction of sp³-hybridized carbons (Fsp3) is 0.344. The number of aryl methyl sites for hydroxylation is 1. The van der Waals surface area contributed by atoms with Gasteiger partial charge in [-0.25, -0.2) is 4.98 Å². The Morgan fingerprint density at radius 2 is 1.44 bits per heavy atom. The molecule has 0 radical (unpaired) electrons. The van der Waals surface area contributed by atoms with E-state index in [4.69, 9.17) is 26.1 Å². The van der Waals surface area contributed by atoms with Crippen molar-refractivity contribution in [1.29, 1.82) is 0 Å². The van der Waals surface area contributed by atoms with Gasteiger partial charge in [-0.2, -0.15) is 0 Å². The van der Waals surface area contributed by atoms with Crippen LogP contribution in [-0.2, 0) is 6.42 Å². The first kappa shape index (κ1) is 34.5. The van der Waals surface area contributed by atoms with Crippen molar-refractivity contribution in [3.05, 3.63) is 89.8 Å². The van der Waals surface area contributed by atoms with Crippen molar-refractivity contribution in [3.63, 3.8) is 0 Å². The van der Waals surface area contributed by atoms with Crippen LogP contribution < -0.4 is 9.47 Å². The lowest BCUT2D eigenvalue weighted by Crippen LogP contribution is -2.35. The largest absolute Gasteiger partial charge is 0.491 e. The van der Waals surface area contributed by atoms with Crippen molar-refractivity contribution in [1.82, 2.24) is 14.5 Å². The lowest BCUT2D eigenvalue weighted by molar-refractivity contribution is 0.0716. The summed E-state index contributed by atoms with van der Waals surface area (Å²) in [7, 11) is 0. The summed E-state index contributed by atoms with van der Waals surface area (Å²) in [5, 5.41) is 11.0. The highest BCUT2D eigenvalue weighted by molar-refractivity contribution is 6.30. The van der Waals surface area contributed by atoms with Crippen LogP contribution in [0, 0.1) is 0 Å². The Kier molecular flexibility index (Phi) is 14.5. The number of ether oxygens (including phenoxy) is 2. The summed E-state index contributed by atoms with van der Waals surface area (Å²) < 4.78 is 14.0. The third-order valence-electron chi connectivity index (χ3n) is 6.65. The van der Waals surface area contributed by atoms with Crippen LogP contribution in [0.4, 0.5) is 0 Å². The highest BCUT2D eigenvalue weighted by Crippen LogP contribution is 2.27. The van der Waals surface area contributed by atoms with Gasteiger partial charge in [0.1, 0.15) is 35.8 Å². The Hall–Kier alpha value is -2.74. The second kappa shape index (κ2) is 17.3. The summed E-state index contributed by atoms with van der Waals surface area (Å²) in [6, 6.07) is 23.3. The van der Waals surface area contributed by atoms with E-state index in [0.29, 0.717) is 11.6 Å². The number of likely N-dealkylation sites (N-methyl/N-ethyl adjacent to an activating group) is 1. The molecule has 41 heavy (non-hydrogen) atoms. The number of halogens is 3. The van der Waals surface area contributed by atoms with Crippen LogP contribution in [0.15, 0.2) is 79.0 Å². The number of aromatic nitrogens is 2. The SMILES string of the molecule is CCCCc1nc(-c2ccc(OC[C@@H](O)CN(CC)CC)cc2)cn1-c1ccc(Oc2ccc(Cl)cc2)cc1.Cl.Cl. The highest BCUT2D eigenvalue weighted by atomic mass is 35.5. The van der Waals surface area contributed by atoms with Gasteiger partial charge in [0.05, 0.1) is 5.69 Å². The van der Waals surface area contributed by atoms with E-state index in [9.17, 15) is 5.11 Å². The van der Waals surface area contributed by atoms with Gasteiger partial charge < -0.3 is 24.0 Å². The first-order valence-corrected chi connectivity index (χ1v) is 14.1. The summed E-state index contributed by atoms with van der Waals surface area (Å²) in [4.78, 5) is 7.17. The van der Waals surface area contributed by atoms with Gasteiger partial charge in [0.15, 0.2) is 0 Å². The van der Waals surface area contributed by atoms with Gasteiger partial charge >= 0.3 is 0 Å². The number of hydrogen-bond acceptors (Lipinski definition) is 5. The van der Waals surface area contributed by atoms with Gasteiger partial charge in [-0.05, 0) is 92.3 Å². The van der Waals surface area contributed by atoms with Crippen LogP contribution in [-0.4, -0.2) is 51.9 Å². The molecule has 0 aliphatic carbocycles. The van der Waals surface area contributed by atoms with Gasteiger partial charge in [-0.1, -0.05) is 38.8 Å². The topological polar surface area (TPSA) is 59.8 Å². The maximum Gasteiger partial charge on any atom is 0.127 e. The summed E-state index contributed by atoms with van der Waals surface area (Å²) in [6.45, 7) is 9.08. The zero-order chi connectivity index (χ0) is 27.6. The van der Waals surface area contributed by atoms with E-state index >= 15 is 0 Å². The maximum atomic E-state index is 10.3. The third-order valence-corrected chi connectivity index (χ3v) is 6.90. The molecule has 9 heteroatoms. The number of imidazole rings is 1. The van der Waals surface area contributed by atoms with Gasteiger partial charge in [0.25, 0.3) is 0 Å². The lowest BCUT2D eigenvalue weighted by atomic mass is 10.1. The predicted molar refractivity (Wildman–Crippen MR) is 173 cm³/mol. The smallest absolute Gasteiger partial charge is 0.127 e. The average Bonchev–Trinajstić information content (AvgIpc) is 3.39. The van der Waals surface area contributed by atoms with Crippen molar-refractivity contribution in [2.24, 2.45) is 0 Å². The zero-order valence-electron chi connectivity index (χ0n) is 23.8. The van der Waals surface area contributed by atoms with E-state index in [0.717, 1.165) is 72.4 Å². The molecular weight excluding hydrogens is 581 g/mol. The minimum Gasteiger partial charge on any atom is -0.491 e. The fourth-order valence-electron chi connectivity index (χ4n) is 4.35. The van der Waals surface area contributed by atoms with Crippen molar-refractivity contribution < 1.29 is 14.6 Å². The minimum absolute atomic E-state index is 0. The standard InChI is InChI=1S/C32H38ClN3O3.2ClH/c1-4-7-8-32-34-31(24-9-15-28(16-10-24)38-23-27(37)21-35(5-2)6-3)22-36(32)26-13-19-30(20-14-26)39-29-17-11-25(33)12-18-29;;/h9-20,22,27,37H,4-8,21,23H2,1-3H3;2*1H/t27-;;/m0../s1. The van der Waals surface area contributed by atoms with Crippen molar-refractivity contribution in [2.45, 2.75) is 46.1 Å². The summed E-state index contributed by atoms with van der Waals surface area (Å²) in [6.07, 6.45) is 4.62. The van der Waals surface area contributed by atoms with Crippen LogP contribution in [0.5, 0.6) is 17.2 Å². The molecule has 0 spiro atoms. The molecule has 0 saturated carbocycles. The molecule has 0 amide bonds. The molecule has 1 aromatic heterocycles. The number of benzene rings is 3. The van der Waals surface area contributed by atoms with Gasteiger partial charge in [-0.3, -0.25) is 0 Å². The molecule has 0 fully saturated rings. The van der Waals surface area contributed by atoms with E-state index < -0.39 is 6.10 Å².